The van der Waals surface area contributed by atoms with E-state index in [0.717, 1.165) is 36.7 Å². The predicted octanol–water partition coefficient (Wildman–Crippen LogP) is 3.60. The fourth-order valence-corrected chi connectivity index (χ4v) is 3.41. The molecule has 1 saturated carbocycles. The number of alkyl halides is 6. The van der Waals surface area contributed by atoms with E-state index < -0.39 is 58.8 Å². The summed E-state index contributed by atoms with van der Waals surface area (Å²) in [4.78, 5) is 31.8. The van der Waals surface area contributed by atoms with Crippen molar-refractivity contribution in [1.29, 1.82) is 0 Å². The van der Waals surface area contributed by atoms with Crippen LogP contribution in [0.5, 0.6) is 0 Å². The molecule has 2 atom stereocenters. The quantitative estimate of drug-likeness (QED) is 0.704. The van der Waals surface area contributed by atoms with E-state index in [0.29, 0.717) is 19.3 Å². The first-order chi connectivity index (χ1) is 14.5. The summed E-state index contributed by atoms with van der Waals surface area (Å²) in [6, 6.07) is 1.97. The van der Waals surface area contributed by atoms with Gasteiger partial charge in [-0.3, -0.25) is 19.6 Å². The number of hydrogen-bond donors (Lipinski definition) is 2. The van der Waals surface area contributed by atoms with Crippen LogP contribution in [-0.4, -0.2) is 33.9 Å². The van der Waals surface area contributed by atoms with Crippen LogP contribution in [0.25, 0.3) is 0 Å². The lowest BCUT2D eigenvalue weighted by Crippen LogP contribution is -2.49. The molecule has 0 aliphatic heterocycles. The zero-order valence-electron chi connectivity index (χ0n) is 15.7. The lowest BCUT2D eigenvalue weighted by atomic mass is 10.1. The first-order valence-corrected chi connectivity index (χ1v) is 9.14. The number of carbonyl (C=O) groups is 2. The van der Waals surface area contributed by atoms with Crippen molar-refractivity contribution in [3.63, 3.8) is 0 Å². The Kier molecular flexibility index (Phi) is 6.18. The Labute approximate surface area is 172 Å². The Balaban J connectivity index is 1.75. The second-order valence-corrected chi connectivity index (χ2v) is 6.89. The topological polar surface area (TPSA) is 84.0 Å². The molecule has 166 valence electrons. The Morgan fingerprint density at radius 2 is 1.16 bits per heavy atom. The average molecular weight is 446 g/mol. The monoisotopic (exact) mass is 446 g/mol. The van der Waals surface area contributed by atoms with Crippen LogP contribution >= 0.6 is 0 Å². The molecule has 2 aromatic rings. The Bertz CT molecular complexity index is 899. The van der Waals surface area contributed by atoms with Crippen molar-refractivity contribution in [2.45, 2.75) is 43.7 Å². The number of rotatable bonds is 4. The lowest BCUT2D eigenvalue weighted by Gasteiger charge is -2.23. The molecule has 0 saturated heterocycles. The highest BCUT2D eigenvalue weighted by atomic mass is 19.4. The summed E-state index contributed by atoms with van der Waals surface area (Å²) in [5.41, 5.74) is -4.07. The molecule has 1 aliphatic rings. The summed E-state index contributed by atoms with van der Waals surface area (Å²) in [5.74, 6) is -2.18. The second-order valence-electron chi connectivity index (χ2n) is 6.89. The van der Waals surface area contributed by atoms with Crippen molar-refractivity contribution >= 4 is 11.8 Å². The maximum Gasteiger partial charge on any atom is 0.418 e. The van der Waals surface area contributed by atoms with Crippen LogP contribution in [0.4, 0.5) is 26.3 Å². The molecule has 1 aliphatic carbocycles. The number of carbonyl (C=O) groups excluding carboxylic acids is 2. The van der Waals surface area contributed by atoms with Gasteiger partial charge in [0.05, 0.1) is 11.1 Å². The fraction of sp³-hybridized carbons (Fsp3) is 0.368. The molecule has 0 bridgehead atoms. The number of aromatic nitrogens is 2. The van der Waals surface area contributed by atoms with Gasteiger partial charge >= 0.3 is 12.4 Å². The van der Waals surface area contributed by atoms with E-state index in [9.17, 15) is 35.9 Å². The molecule has 12 heteroatoms. The number of amides is 2. The van der Waals surface area contributed by atoms with Crippen LogP contribution < -0.4 is 10.6 Å². The highest BCUT2D eigenvalue weighted by Crippen LogP contribution is 2.32. The summed E-state index contributed by atoms with van der Waals surface area (Å²) in [7, 11) is 0. The number of pyridine rings is 2. The molecule has 2 unspecified atom stereocenters. The largest absolute Gasteiger partial charge is 0.418 e. The van der Waals surface area contributed by atoms with E-state index >= 15 is 0 Å². The van der Waals surface area contributed by atoms with Crippen LogP contribution in [0.2, 0.25) is 0 Å². The Morgan fingerprint density at radius 1 is 0.774 bits per heavy atom. The summed E-state index contributed by atoms with van der Waals surface area (Å²) in [5, 5.41) is 4.80. The van der Waals surface area contributed by atoms with Crippen LogP contribution in [0, 0.1) is 0 Å². The molecule has 31 heavy (non-hydrogen) atoms. The summed E-state index contributed by atoms with van der Waals surface area (Å²) < 4.78 is 78.7. The minimum absolute atomic E-state index is 0.319. The van der Waals surface area contributed by atoms with Crippen LogP contribution in [0.15, 0.2) is 36.7 Å². The lowest BCUT2D eigenvalue weighted by molar-refractivity contribution is -0.139. The van der Waals surface area contributed by atoms with Crippen molar-refractivity contribution < 1.29 is 35.9 Å². The third-order valence-corrected chi connectivity index (χ3v) is 4.81. The molecule has 0 radical (unpaired) electrons. The normalized spacial score (nSPS) is 19.2. The first-order valence-electron chi connectivity index (χ1n) is 9.14. The van der Waals surface area contributed by atoms with Crippen LogP contribution in [-0.2, 0) is 12.4 Å². The molecule has 2 heterocycles. The minimum atomic E-state index is -4.79. The van der Waals surface area contributed by atoms with Crippen LogP contribution in [0.3, 0.4) is 0 Å². The smallest absolute Gasteiger partial charge is 0.346 e. The SMILES string of the molecule is O=C(NC1CCCC1NC(=O)c1ncccc1C(F)(F)F)c1ncccc1C(F)(F)F. The van der Waals surface area contributed by atoms with Crippen molar-refractivity contribution in [3.05, 3.63) is 59.2 Å². The molecular formula is C19H16F6N4O2. The van der Waals surface area contributed by atoms with Gasteiger partial charge in [0, 0.05) is 24.5 Å². The maximum atomic E-state index is 13.1. The summed E-state index contributed by atoms with van der Waals surface area (Å²) >= 11 is 0. The van der Waals surface area contributed by atoms with E-state index in [1.807, 2.05) is 0 Å². The number of hydrogen-bond acceptors (Lipinski definition) is 4. The third kappa shape index (κ3) is 5.12. The van der Waals surface area contributed by atoms with E-state index in [1.165, 1.54) is 0 Å². The van der Waals surface area contributed by atoms with Gasteiger partial charge in [-0.15, -0.1) is 0 Å². The summed E-state index contributed by atoms with van der Waals surface area (Å²) in [6.07, 6.45) is -6.37. The van der Waals surface area contributed by atoms with E-state index in [2.05, 4.69) is 20.6 Å². The van der Waals surface area contributed by atoms with Gasteiger partial charge in [-0.1, -0.05) is 0 Å². The second kappa shape index (κ2) is 8.52. The Hall–Kier alpha value is -3.18. The zero-order chi connectivity index (χ0) is 22.8. The molecule has 1 fully saturated rings. The first kappa shape index (κ1) is 22.5. The third-order valence-electron chi connectivity index (χ3n) is 4.81. The molecule has 2 amide bonds. The van der Waals surface area contributed by atoms with Gasteiger partial charge in [0.15, 0.2) is 0 Å². The fourth-order valence-electron chi connectivity index (χ4n) is 3.41. The van der Waals surface area contributed by atoms with Crippen molar-refractivity contribution in [2.24, 2.45) is 0 Å². The Morgan fingerprint density at radius 3 is 1.52 bits per heavy atom. The van der Waals surface area contributed by atoms with Crippen molar-refractivity contribution in [3.8, 4) is 0 Å². The summed E-state index contributed by atoms with van der Waals surface area (Å²) in [6.45, 7) is 0. The highest BCUT2D eigenvalue weighted by Gasteiger charge is 2.39. The van der Waals surface area contributed by atoms with E-state index in [1.54, 1.807) is 0 Å². The number of nitrogens with one attached hydrogen (secondary N) is 2. The number of halogens is 6. The zero-order valence-corrected chi connectivity index (χ0v) is 15.7. The molecule has 2 N–H and O–H groups in total. The average Bonchev–Trinajstić information content (AvgIpc) is 3.13. The maximum absolute atomic E-state index is 13.1. The molecule has 0 aromatic carbocycles. The molecular weight excluding hydrogens is 430 g/mol. The van der Waals surface area contributed by atoms with Crippen molar-refractivity contribution in [2.75, 3.05) is 0 Å². The highest BCUT2D eigenvalue weighted by molar-refractivity contribution is 5.95. The van der Waals surface area contributed by atoms with Gasteiger partial charge in [-0.2, -0.15) is 26.3 Å². The predicted molar refractivity (Wildman–Crippen MR) is 94.8 cm³/mol. The standard InChI is InChI=1S/C19H16F6N4O2/c20-18(21,22)10-4-2-8-26-14(10)16(30)28-12-6-1-7-13(12)29-17(31)15-11(19(23,24)25)5-3-9-27-15/h2-5,8-9,12-13H,1,6-7H2,(H,28,30)(H,29,31). The molecule has 0 spiro atoms. The van der Waals surface area contributed by atoms with Gasteiger partial charge in [0.25, 0.3) is 11.8 Å². The molecule has 2 aromatic heterocycles. The van der Waals surface area contributed by atoms with Gasteiger partial charge in [-0.25, -0.2) is 0 Å². The number of nitrogens with zero attached hydrogens (tertiary/aromatic N) is 2. The minimum Gasteiger partial charge on any atom is -0.346 e. The van der Waals surface area contributed by atoms with Crippen molar-refractivity contribution in [1.82, 2.24) is 20.6 Å². The molecule has 3 rings (SSSR count). The van der Waals surface area contributed by atoms with Gasteiger partial charge in [0.1, 0.15) is 11.4 Å². The van der Waals surface area contributed by atoms with E-state index in [4.69, 9.17) is 0 Å². The van der Waals surface area contributed by atoms with E-state index in [-0.39, 0.29) is 0 Å². The van der Waals surface area contributed by atoms with Crippen LogP contribution in [0.1, 0.15) is 51.4 Å². The molecule has 6 nitrogen and oxygen atoms in total. The van der Waals surface area contributed by atoms with Gasteiger partial charge < -0.3 is 10.6 Å². The van der Waals surface area contributed by atoms with Gasteiger partial charge in [-0.05, 0) is 43.5 Å². The van der Waals surface area contributed by atoms with Gasteiger partial charge in [0.2, 0.25) is 0 Å².